The van der Waals surface area contributed by atoms with Gasteiger partial charge in [-0.25, -0.2) is 4.98 Å². The summed E-state index contributed by atoms with van der Waals surface area (Å²) in [6, 6.07) is 0. The van der Waals surface area contributed by atoms with Crippen LogP contribution in [0.15, 0.2) is 14.3 Å². The molecule has 1 rings (SSSR count). The Morgan fingerprint density at radius 2 is 2.42 bits per heavy atom. The molecule has 68 valence electrons. The molecule has 0 fully saturated rings. The van der Waals surface area contributed by atoms with Crippen LogP contribution in [0.4, 0.5) is 0 Å². The lowest BCUT2D eigenvalue weighted by Gasteiger charge is -1.95. The summed E-state index contributed by atoms with van der Waals surface area (Å²) in [4.78, 5) is 4.13. The fourth-order valence-corrected chi connectivity index (χ4v) is 3.55. The van der Waals surface area contributed by atoms with Crippen LogP contribution in [0, 0.1) is 0 Å². The molecule has 1 nitrogen and oxygen atoms in total. The molecular weight excluding hydrogens is 254 g/mol. The molecule has 0 aromatic carbocycles. The van der Waals surface area contributed by atoms with Gasteiger partial charge in [0.2, 0.25) is 0 Å². The van der Waals surface area contributed by atoms with Gasteiger partial charge in [0, 0.05) is 0 Å². The molecule has 12 heavy (non-hydrogen) atoms. The van der Waals surface area contributed by atoms with Gasteiger partial charge in [0.15, 0.2) is 3.92 Å². The monoisotopic (exact) mass is 265 g/mol. The van der Waals surface area contributed by atoms with E-state index >= 15 is 0 Å². The van der Waals surface area contributed by atoms with Crippen molar-refractivity contribution in [3.63, 3.8) is 0 Å². The molecule has 0 aliphatic heterocycles. The van der Waals surface area contributed by atoms with Gasteiger partial charge >= 0.3 is 0 Å². The van der Waals surface area contributed by atoms with Crippen molar-refractivity contribution in [2.24, 2.45) is 0 Å². The van der Waals surface area contributed by atoms with E-state index in [-0.39, 0.29) is 0 Å². The predicted molar refractivity (Wildman–Crippen MR) is 60.1 cm³/mol. The van der Waals surface area contributed by atoms with E-state index in [1.165, 1.54) is 29.2 Å². The maximum absolute atomic E-state index is 4.13. The van der Waals surface area contributed by atoms with Crippen LogP contribution in [0.1, 0.15) is 26.2 Å². The zero-order valence-electron chi connectivity index (χ0n) is 7.05. The SMILES string of the molecule is CCCCCSc1cnc(Br)s1. The van der Waals surface area contributed by atoms with Gasteiger partial charge in [-0.05, 0) is 28.1 Å². The summed E-state index contributed by atoms with van der Waals surface area (Å²) in [7, 11) is 0. The average Bonchev–Trinajstić information content (AvgIpc) is 2.45. The second-order valence-corrected chi connectivity index (χ2v) is 6.19. The van der Waals surface area contributed by atoms with E-state index in [2.05, 4.69) is 27.8 Å². The van der Waals surface area contributed by atoms with Crippen LogP contribution in [0.25, 0.3) is 0 Å². The van der Waals surface area contributed by atoms with Gasteiger partial charge in [-0.1, -0.05) is 19.8 Å². The highest BCUT2D eigenvalue weighted by atomic mass is 79.9. The average molecular weight is 266 g/mol. The molecule has 0 unspecified atom stereocenters. The number of rotatable bonds is 5. The van der Waals surface area contributed by atoms with Crippen LogP contribution in [0.2, 0.25) is 0 Å². The summed E-state index contributed by atoms with van der Waals surface area (Å²) in [6.07, 6.45) is 5.89. The van der Waals surface area contributed by atoms with Gasteiger partial charge in [-0.2, -0.15) is 0 Å². The standard InChI is InChI=1S/C8H12BrNS2/c1-2-3-4-5-11-7-6-10-8(9)12-7/h6H,2-5H2,1H3. The Morgan fingerprint density at radius 1 is 1.58 bits per heavy atom. The van der Waals surface area contributed by atoms with Crippen LogP contribution >= 0.6 is 39.0 Å². The molecule has 0 radical (unpaired) electrons. The largest absolute Gasteiger partial charge is 0.236 e. The highest BCUT2D eigenvalue weighted by Crippen LogP contribution is 2.28. The molecule has 0 saturated heterocycles. The number of thioether (sulfide) groups is 1. The third-order valence-corrected chi connectivity index (χ3v) is 4.21. The number of unbranched alkanes of at least 4 members (excludes halogenated alkanes) is 2. The van der Waals surface area contributed by atoms with Gasteiger partial charge in [-0.15, -0.1) is 23.1 Å². The zero-order chi connectivity index (χ0) is 8.81. The minimum Gasteiger partial charge on any atom is -0.236 e. The lowest BCUT2D eigenvalue weighted by Crippen LogP contribution is -1.77. The smallest absolute Gasteiger partial charge is 0.160 e. The summed E-state index contributed by atoms with van der Waals surface area (Å²) < 4.78 is 2.30. The molecular formula is C8H12BrNS2. The van der Waals surface area contributed by atoms with Crippen molar-refractivity contribution in [1.82, 2.24) is 4.98 Å². The molecule has 0 atom stereocenters. The lowest BCUT2D eigenvalue weighted by atomic mass is 10.3. The minimum atomic E-state index is 0.987. The summed E-state index contributed by atoms with van der Waals surface area (Å²) in [5.41, 5.74) is 0. The van der Waals surface area contributed by atoms with Crippen molar-refractivity contribution in [2.45, 2.75) is 30.4 Å². The van der Waals surface area contributed by atoms with E-state index in [1.807, 2.05) is 18.0 Å². The van der Waals surface area contributed by atoms with Crippen LogP contribution in [0.3, 0.4) is 0 Å². The molecule has 0 amide bonds. The van der Waals surface area contributed by atoms with Crippen LogP contribution < -0.4 is 0 Å². The predicted octanol–water partition coefficient (Wildman–Crippen LogP) is 4.19. The maximum atomic E-state index is 4.13. The number of halogens is 1. The lowest BCUT2D eigenvalue weighted by molar-refractivity contribution is 0.779. The number of nitrogens with zero attached hydrogens (tertiary/aromatic N) is 1. The van der Waals surface area contributed by atoms with Gasteiger partial charge in [-0.3, -0.25) is 0 Å². The van der Waals surface area contributed by atoms with E-state index in [0.29, 0.717) is 0 Å². The summed E-state index contributed by atoms with van der Waals surface area (Å²) in [6.45, 7) is 2.23. The van der Waals surface area contributed by atoms with E-state index in [4.69, 9.17) is 0 Å². The highest BCUT2D eigenvalue weighted by molar-refractivity contribution is 9.11. The Balaban J connectivity index is 2.15. The molecule has 4 heteroatoms. The number of aromatic nitrogens is 1. The van der Waals surface area contributed by atoms with Crippen LogP contribution in [-0.2, 0) is 0 Å². The van der Waals surface area contributed by atoms with Crippen molar-refractivity contribution in [1.29, 1.82) is 0 Å². The minimum absolute atomic E-state index is 0.987. The first-order valence-electron chi connectivity index (χ1n) is 4.07. The molecule has 0 saturated carbocycles. The fraction of sp³-hybridized carbons (Fsp3) is 0.625. The Bertz CT molecular complexity index is 225. The highest BCUT2D eigenvalue weighted by Gasteiger charge is 1.98. The van der Waals surface area contributed by atoms with Crippen LogP contribution in [-0.4, -0.2) is 10.7 Å². The molecule has 0 aliphatic carbocycles. The first-order valence-corrected chi connectivity index (χ1v) is 6.66. The first kappa shape index (κ1) is 10.5. The van der Waals surface area contributed by atoms with Crippen molar-refractivity contribution < 1.29 is 0 Å². The zero-order valence-corrected chi connectivity index (χ0v) is 10.3. The van der Waals surface area contributed by atoms with E-state index in [0.717, 1.165) is 3.92 Å². The first-order chi connectivity index (χ1) is 5.83. The maximum Gasteiger partial charge on any atom is 0.160 e. The molecule has 0 spiro atoms. The van der Waals surface area contributed by atoms with Crippen LogP contribution in [0.5, 0.6) is 0 Å². The number of hydrogen-bond acceptors (Lipinski definition) is 3. The quantitative estimate of drug-likeness (QED) is 0.585. The van der Waals surface area contributed by atoms with E-state index in [1.54, 1.807) is 11.3 Å². The third-order valence-electron chi connectivity index (χ3n) is 1.45. The summed E-state index contributed by atoms with van der Waals surface area (Å²) >= 11 is 6.97. The van der Waals surface area contributed by atoms with Gasteiger partial charge < -0.3 is 0 Å². The van der Waals surface area contributed by atoms with Crippen molar-refractivity contribution >= 4 is 39.0 Å². The van der Waals surface area contributed by atoms with Gasteiger partial charge in [0.1, 0.15) is 0 Å². The van der Waals surface area contributed by atoms with E-state index < -0.39 is 0 Å². The second kappa shape index (κ2) is 6.00. The molecule has 1 aromatic rings. The second-order valence-electron chi connectivity index (χ2n) is 2.49. The van der Waals surface area contributed by atoms with Gasteiger partial charge in [0.05, 0.1) is 10.4 Å². The summed E-state index contributed by atoms with van der Waals surface area (Å²) in [5.74, 6) is 1.22. The normalized spacial score (nSPS) is 10.5. The molecule has 0 bridgehead atoms. The van der Waals surface area contributed by atoms with E-state index in [9.17, 15) is 0 Å². The number of hydrogen-bond donors (Lipinski definition) is 0. The third kappa shape index (κ3) is 3.92. The molecule has 1 heterocycles. The van der Waals surface area contributed by atoms with Crippen molar-refractivity contribution in [3.8, 4) is 0 Å². The fourth-order valence-electron chi connectivity index (χ4n) is 0.831. The topological polar surface area (TPSA) is 12.9 Å². The Labute approximate surface area is 90.1 Å². The molecule has 0 aliphatic rings. The number of thiazole rings is 1. The Hall–Kier alpha value is 0.460. The van der Waals surface area contributed by atoms with Gasteiger partial charge in [0.25, 0.3) is 0 Å². The molecule has 1 aromatic heterocycles. The summed E-state index contributed by atoms with van der Waals surface area (Å²) in [5, 5.41) is 0. The van der Waals surface area contributed by atoms with Crippen molar-refractivity contribution in [3.05, 3.63) is 10.1 Å². The van der Waals surface area contributed by atoms with Crippen molar-refractivity contribution in [2.75, 3.05) is 5.75 Å². The Kier molecular flexibility index (Phi) is 5.27. The molecule has 0 N–H and O–H groups in total. The Morgan fingerprint density at radius 3 is 3.00 bits per heavy atom.